The molecule has 2 aromatic rings. The third-order valence-corrected chi connectivity index (χ3v) is 6.96. The summed E-state index contributed by atoms with van der Waals surface area (Å²) in [7, 11) is -0.959. The van der Waals surface area contributed by atoms with E-state index in [1.54, 1.807) is 41.3 Å². The van der Waals surface area contributed by atoms with E-state index in [1.807, 2.05) is 6.07 Å². The molecule has 0 unspecified atom stereocenters. The van der Waals surface area contributed by atoms with Crippen LogP contribution < -0.4 is 4.31 Å². The summed E-state index contributed by atoms with van der Waals surface area (Å²) in [4.78, 5) is 26.2. The Balaban J connectivity index is 1.77. The standard InChI is InChI=1S/C21H24N2O5S/c1-22(18-8-4-3-5-9-18)29(26,27)19-10-6-7-17(15-19)20(24)23-13-11-16(12-14-23)21(25)28-2/h3-10,15-16H,11-14H2,1-2H3. The third kappa shape index (κ3) is 4.42. The Kier molecular flexibility index (Phi) is 6.22. The molecule has 29 heavy (non-hydrogen) atoms. The molecule has 1 amide bonds. The van der Waals surface area contributed by atoms with Gasteiger partial charge in [-0.25, -0.2) is 8.42 Å². The topological polar surface area (TPSA) is 84.0 Å². The number of carbonyl (C=O) groups excluding carboxylic acids is 2. The zero-order chi connectivity index (χ0) is 21.0. The lowest BCUT2D eigenvalue weighted by Gasteiger charge is -2.30. The van der Waals surface area contributed by atoms with Crippen LogP contribution in [0.1, 0.15) is 23.2 Å². The molecule has 0 aliphatic carbocycles. The lowest BCUT2D eigenvalue weighted by Crippen LogP contribution is -2.40. The monoisotopic (exact) mass is 416 g/mol. The van der Waals surface area contributed by atoms with Crippen LogP contribution in [0, 0.1) is 5.92 Å². The van der Waals surface area contributed by atoms with Gasteiger partial charge in [-0.1, -0.05) is 24.3 Å². The molecule has 7 nitrogen and oxygen atoms in total. The average molecular weight is 416 g/mol. The van der Waals surface area contributed by atoms with Crippen molar-refractivity contribution in [2.45, 2.75) is 17.7 Å². The number of benzene rings is 2. The van der Waals surface area contributed by atoms with Gasteiger partial charge in [0, 0.05) is 25.7 Å². The van der Waals surface area contributed by atoms with Gasteiger partial charge in [0.2, 0.25) is 0 Å². The number of amides is 1. The summed E-state index contributed by atoms with van der Waals surface area (Å²) in [6.45, 7) is 0.860. The highest BCUT2D eigenvalue weighted by molar-refractivity contribution is 7.92. The van der Waals surface area contributed by atoms with Crippen molar-refractivity contribution in [3.05, 3.63) is 60.2 Å². The number of nitrogens with zero attached hydrogens (tertiary/aromatic N) is 2. The highest BCUT2D eigenvalue weighted by atomic mass is 32.2. The van der Waals surface area contributed by atoms with Crippen LogP contribution in [0.25, 0.3) is 0 Å². The van der Waals surface area contributed by atoms with Crippen LogP contribution in [0.5, 0.6) is 0 Å². The van der Waals surface area contributed by atoms with Crippen LogP contribution in [0.2, 0.25) is 0 Å². The molecular weight excluding hydrogens is 392 g/mol. The molecule has 1 heterocycles. The summed E-state index contributed by atoms with van der Waals surface area (Å²) in [5.74, 6) is -0.697. The highest BCUT2D eigenvalue weighted by Gasteiger charge is 2.29. The minimum Gasteiger partial charge on any atom is -0.469 e. The summed E-state index contributed by atoms with van der Waals surface area (Å²) >= 11 is 0. The van der Waals surface area contributed by atoms with Gasteiger partial charge < -0.3 is 9.64 Å². The molecule has 0 atom stereocenters. The van der Waals surface area contributed by atoms with Crippen LogP contribution in [0.3, 0.4) is 0 Å². The lowest BCUT2D eigenvalue weighted by molar-refractivity contribution is -0.146. The maximum atomic E-state index is 13.0. The molecule has 1 aliphatic heterocycles. The van der Waals surface area contributed by atoms with E-state index in [2.05, 4.69) is 0 Å². The molecule has 0 saturated carbocycles. The number of likely N-dealkylation sites (tertiary alicyclic amines) is 1. The molecular formula is C21H24N2O5S. The first-order valence-corrected chi connectivity index (χ1v) is 10.8. The molecule has 3 rings (SSSR count). The lowest BCUT2D eigenvalue weighted by atomic mass is 9.96. The van der Waals surface area contributed by atoms with Crippen molar-refractivity contribution in [3.63, 3.8) is 0 Å². The molecule has 1 fully saturated rings. The van der Waals surface area contributed by atoms with Crippen molar-refractivity contribution >= 4 is 27.6 Å². The van der Waals surface area contributed by atoms with E-state index in [0.717, 1.165) is 0 Å². The van der Waals surface area contributed by atoms with Crippen molar-refractivity contribution in [1.82, 2.24) is 4.90 Å². The highest BCUT2D eigenvalue weighted by Crippen LogP contribution is 2.24. The van der Waals surface area contributed by atoms with Crippen molar-refractivity contribution in [2.24, 2.45) is 5.92 Å². The molecule has 1 saturated heterocycles. The van der Waals surface area contributed by atoms with E-state index in [-0.39, 0.29) is 22.7 Å². The molecule has 154 valence electrons. The SMILES string of the molecule is COC(=O)C1CCN(C(=O)c2cccc(S(=O)(=O)N(C)c3ccccc3)c2)CC1. The van der Waals surface area contributed by atoms with Gasteiger partial charge in [0.25, 0.3) is 15.9 Å². The molecule has 0 bridgehead atoms. The summed E-state index contributed by atoms with van der Waals surface area (Å²) < 4.78 is 31.9. The van der Waals surface area contributed by atoms with Crippen LogP contribution in [0.4, 0.5) is 5.69 Å². The Bertz CT molecular complexity index is 983. The number of esters is 1. The molecule has 0 spiro atoms. The minimum absolute atomic E-state index is 0.0548. The van der Waals surface area contributed by atoms with Crippen LogP contribution in [0.15, 0.2) is 59.5 Å². The number of piperidine rings is 1. The summed E-state index contributed by atoms with van der Waals surface area (Å²) in [5.41, 5.74) is 0.846. The molecule has 1 aliphatic rings. The number of rotatable bonds is 5. The van der Waals surface area contributed by atoms with E-state index in [4.69, 9.17) is 4.74 Å². The van der Waals surface area contributed by atoms with Gasteiger partial charge in [-0.3, -0.25) is 13.9 Å². The van der Waals surface area contributed by atoms with Gasteiger partial charge >= 0.3 is 5.97 Å². The Labute approximate surface area is 170 Å². The fourth-order valence-electron chi connectivity index (χ4n) is 3.39. The normalized spacial score (nSPS) is 15.0. The molecule has 2 aromatic carbocycles. The molecule has 0 radical (unpaired) electrons. The Morgan fingerprint density at radius 3 is 2.31 bits per heavy atom. The maximum absolute atomic E-state index is 13.0. The first-order valence-electron chi connectivity index (χ1n) is 9.35. The molecule has 8 heteroatoms. The maximum Gasteiger partial charge on any atom is 0.308 e. The number of hydrogen-bond donors (Lipinski definition) is 0. The van der Waals surface area contributed by atoms with E-state index in [0.29, 0.717) is 37.2 Å². The number of hydrogen-bond acceptors (Lipinski definition) is 5. The number of para-hydroxylation sites is 1. The number of anilines is 1. The number of carbonyl (C=O) groups is 2. The van der Waals surface area contributed by atoms with E-state index < -0.39 is 10.0 Å². The average Bonchev–Trinajstić information content (AvgIpc) is 2.78. The van der Waals surface area contributed by atoms with Crippen LogP contribution >= 0.6 is 0 Å². The minimum atomic E-state index is -3.80. The zero-order valence-corrected chi connectivity index (χ0v) is 17.3. The summed E-state index contributed by atoms with van der Waals surface area (Å²) in [6.07, 6.45) is 1.07. The Morgan fingerprint density at radius 2 is 1.69 bits per heavy atom. The third-order valence-electron chi connectivity index (χ3n) is 5.18. The van der Waals surface area contributed by atoms with Crippen LogP contribution in [-0.4, -0.2) is 52.4 Å². The van der Waals surface area contributed by atoms with Gasteiger partial charge in [0.15, 0.2) is 0 Å². The quantitative estimate of drug-likeness (QED) is 0.700. The van der Waals surface area contributed by atoms with E-state index in [1.165, 1.54) is 30.6 Å². The smallest absolute Gasteiger partial charge is 0.308 e. The number of ether oxygens (including phenoxy) is 1. The second-order valence-corrected chi connectivity index (χ2v) is 8.89. The van der Waals surface area contributed by atoms with Gasteiger partial charge in [0.05, 0.1) is 23.6 Å². The molecule has 0 N–H and O–H groups in total. The van der Waals surface area contributed by atoms with Gasteiger partial charge in [-0.2, -0.15) is 0 Å². The van der Waals surface area contributed by atoms with Crippen molar-refractivity contribution in [2.75, 3.05) is 31.6 Å². The van der Waals surface area contributed by atoms with E-state index >= 15 is 0 Å². The first-order chi connectivity index (χ1) is 13.8. The number of sulfonamides is 1. The second-order valence-electron chi connectivity index (χ2n) is 6.93. The summed E-state index contributed by atoms with van der Waals surface area (Å²) in [6, 6.07) is 14.8. The van der Waals surface area contributed by atoms with Crippen LogP contribution in [-0.2, 0) is 19.6 Å². The Morgan fingerprint density at radius 1 is 1.03 bits per heavy atom. The fraction of sp³-hybridized carbons (Fsp3) is 0.333. The Hall–Kier alpha value is -2.87. The van der Waals surface area contributed by atoms with Gasteiger partial charge in [-0.05, 0) is 43.2 Å². The predicted molar refractivity (Wildman–Crippen MR) is 109 cm³/mol. The van der Waals surface area contributed by atoms with Crippen molar-refractivity contribution in [1.29, 1.82) is 0 Å². The van der Waals surface area contributed by atoms with E-state index in [9.17, 15) is 18.0 Å². The fourth-order valence-corrected chi connectivity index (χ4v) is 4.63. The van der Waals surface area contributed by atoms with Crippen molar-refractivity contribution in [3.8, 4) is 0 Å². The first kappa shape index (κ1) is 20.9. The van der Waals surface area contributed by atoms with Gasteiger partial charge in [-0.15, -0.1) is 0 Å². The second kappa shape index (κ2) is 8.65. The largest absolute Gasteiger partial charge is 0.469 e. The van der Waals surface area contributed by atoms with Crippen molar-refractivity contribution < 1.29 is 22.7 Å². The molecule has 0 aromatic heterocycles. The predicted octanol–water partition coefficient (Wildman–Crippen LogP) is 2.54. The zero-order valence-electron chi connectivity index (χ0n) is 16.4. The van der Waals surface area contributed by atoms with Gasteiger partial charge in [0.1, 0.15) is 0 Å². The number of methoxy groups -OCH3 is 1. The summed E-state index contributed by atoms with van der Waals surface area (Å²) in [5, 5.41) is 0.